The summed E-state index contributed by atoms with van der Waals surface area (Å²) in [6.07, 6.45) is 7.77. The number of pyridine rings is 1. The minimum atomic E-state index is 0.0237. The first-order valence-electron chi connectivity index (χ1n) is 9.79. The Bertz CT molecular complexity index is 976. The monoisotopic (exact) mass is 362 g/mol. The predicted molar refractivity (Wildman–Crippen MR) is 107 cm³/mol. The van der Waals surface area contributed by atoms with E-state index in [1.165, 1.54) is 0 Å². The fourth-order valence-electron chi connectivity index (χ4n) is 3.94. The van der Waals surface area contributed by atoms with Gasteiger partial charge in [-0.2, -0.15) is 5.10 Å². The topological polar surface area (TPSA) is 59.8 Å². The number of carbonyl (C=O) groups excluding carboxylic acids is 1. The number of fused-ring (bicyclic) bond motifs is 2. The maximum absolute atomic E-state index is 13.1. The number of rotatable bonds is 5. The molecule has 1 amide bonds. The lowest BCUT2D eigenvalue weighted by Gasteiger charge is -2.24. The van der Waals surface area contributed by atoms with Crippen LogP contribution >= 0.6 is 0 Å². The second-order valence-corrected chi connectivity index (χ2v) is 7.67. The van der Waals surface area contributed by atoms with Crippen LogP contribution in [0.1, 0.15) is 46.9 Å². The highest BCUT2D eigenvalue weighted by Gasteiger charge is 2.25. The van der Waals surface area contributed by atoms with Gasteiger partial charge in [0.1, 0.15) is 0 Å². The number of nitrogens with zero attached hydrogens (tertiary/aromatic N) is 3. The van der Waals surface area contributed by atoms with E-state index in [-0.39, 0.29) is 5.91 Å². The molecule has 1 aliphatic carbocycles. The average molecular weight is 362 g/mol. The molecule has 0 radical (unpaired) electrons. The van der Waals surface area contributed by atoms with Crippen LogP contribution in [0.3, 0.4) is 0 Å². The minimum absolute atomic E-state index is 0.0237. The van der Waals surface area contributed by atoms with E-state index in [1.54, 1.807) is 0 Å². The first-order chi connectivity index (χ1) is 13.1. The van der Waals surface area contributed by atoms with Gasteiger partial charge in [-0.1, -0.05) is 25.1 Å². The third-order valence-electron chi connectivity index (χ3n) is 5.34. The second kappa shape index (κ2) is 7.51. The molecule has 1 aliphatic rings. The molecule has 27 heavy (non-hydrogen) atoms. The molecule has 0 spiro atoms. The van der Waals surface area contributed by atoms with Gasteiger partial charge >= 0.3 is 0 Å². The summed E-state index contributed by atoms with van der Waals surface area (Å²) in [5, 5.41) is 8.38. The van der Waals surface area contributed by atoms with E-state index < -0.39 is 0 Å². The fourth-order valence-corrected chi connectivity index (χ4v) is 3.94. The number of carbonyl (C=O) groups is 1. The van der Waals surface area contributed by atoms with E-state index in [0.29, 0.717) is 12.5 Å². The van der Waals surface area contributed by atoms with E-state index in [9.17, 15) is 4.79 Å². The molecule has 1 aromatic carbocycles. The van der Waals surface area contributed by atoms with Crippen molar-refractivity contribution < 1.29 is 4.79 Å². The molecule has 4 rings (SSSR count). The van der Waals surface area contributed by atoms with E-state index >= 15 is 0 Å². The molecule has 0 saturated heterocycles. The quantitative estimate of drug-likeness (QED) is 0.704. The largest absolute Gasteiger partial charge is 0.352 e. The number of aryl methyl sites for hydroxylation is 3. The third-order valence-corrected chi connectivity index (χ3v) is 5.34. The lowest BCUT2D eigenvalue weighted by molar-refractivity contribution is 0.0952. The summed E-state index contributed by atoms with van der Waals surface area (Å²) >= 11 is 0. The number of nitrogens with one attached hydrogen (secondary N) is 1. The fraction of sp³-hybridized carbons (Fsp3) is 0.409. The number of aromatic nitrogens is 3. The third kappa shape index (κ3) is 3.72. The molecular weight excluding hydrogens is 336 g/mol. The molecule has 0 fully saturated rings. The van der Waals surface area contributed by atoms with Crippen molar-refractivity contribution in [3.63, 3.8) is 0 Å². The highest BCUT2D eigenvalue weighted by Crippen LogP contribution is 2.31. The summed E-state index contributed by atoms with van der Waals surface area (Å²) in [5.41, 5.74) is 5.15. The van der Waals surface area contributed by atoms with Crippen LogP contribution in [0.4, 0.5) is 0 Å². The summed E-state index contributed by atoms with van der Waals surface area (Å²) in [6.45, 7) is 5.73. The Kier molecular flexibility index (Phi) is 4.92. The zero-order valence-electron chi connectivity index (χ0n) is 16.0. The van der Waals surface area contributed by atoms with Gasteiger partial charge in [0.05, 0.1) is 17.3 Å². The van der Waals surface area contributed by atoms with Crippen LogP contribution in [0.25, 0.3) is 10.9 Å². The van der Waals surface area contributed by atoms with Crippen molar-refractivity contribution in [3.8, 4) is 0 Å². The van der Waals surface area contributed by atoms with Crippen LogP contribution in [0.5, 0.6) is 0 Å². The highest BCUT2D eigenvalue weighted by molar-refractivity contribution is 6.07. The number of para-hydroxylation sites is 1. The predicted octanol–water partition coefficient (Wildman–Crippen LogP) is 3.68. The van der Waals surface area contributed by atoms with Crippen molar-refractivity contribution in [3.05, 3.63) is 59.0 Å². The minimum Gasteiger partial charge on any atom is -0.352 e. The van der Waals surface area contributed by atoms with Crippen molar-refractivity contribution in [1.29, 1.82) is 0 Å². The number of benzene rings is 1. The summed E-state index contributed by atoms with van der Waals surface area (Å²) in [6, 6.07) is 7.99. The Morgan fingerprint density at radius 2 is 2.19 bits per heavy atom. The van der Waals surface area contributed by atoms with Crippen molar-refractivity contribution in [2.75, 3.05) is 6.54 Å². The Hall–Kier alpha value is -2.69. The SMILES string of the molecule is Cc1cnn(CCCNC(=O)c2c3c(nc4ccccc24)CCC(C)C3)c1. The Morgan fingerprint density at radius 3 is 3.00 bits per heavy atom. The molecule has 0 aliphatic heterocycles. The molecule has 2 aromatic heterocycles. The number of hydrogen-bond acceptors (Lipinski definition) is 3. The van der Waals surface area contributed by atoms with Gasteiger partial charge in [-0.3, -0.25) is 14.5 Å². The molecule has 1 unspecified atom stereocenters. The van der Waals surface area contributed by atoms with Crippen LogP contribution in [0, 0.1) is 12.8 Å². The standard InChI is InChI=1S/C22H26N4O/c1-15-8-9-20-18(12-15)21(17-6-3-4-7-19(17)25-20)22(27)23-10-5-11-26-14-16(2)13-24-26/h3-4,6-7,13-15H,5,8-12H2,1-2H3,(H,23,27). The van der Waals surface area contributed by atoms with E-state index in [2.05, 4.69) is 17.3 Å². The molecule has 0 bridgehead atoms. The molecule has 0 saturated carbocycles. The number of amides is 1. The lowest BCUT2D eigenvalue weighted by Crippen LogP contribution is -2.28. The van der Waals surface area contributed by atoms with Gasteiger partial charge in [0, 0.05) is 30.4 Å². The summed E-state index contributed by atoms with van der Waals surface area (Å²) < 4.78 is 1.92. The van der Waals surface area contributed by atoms with Gasteiger partial charge in [0.25, 0.3) is 5.91 Å². The molecule has 5 nitrogen and oxygen atoms in total. The zero-order valence-corrected chi connectivity index (χ0v) is 16.0. The molecule has 3 aromatic rings. The highest BCUT2D eigenvalue weighted by atomic mass is 16.1. The molecule has 5 heteroatoms. The van der Waals surface area contributed by atoms with Crippen molar-refractivity contribution in [2.24, 2.45) is 5.92 Å². The number of hydrogen-bond donors (Lipinski definition) is 1. The molecule has 140 valence electrons. The van der Waals surface area contributed by atoms with Crippen molar-refractivity contribution in [2.45, 2.75) is 46.1 Å². The van der Waals surface area contributed by atoms with Crippen molar-refractivity contribution in [1.82, 2.24) is 20.1 Å². The Balaban J connectivity index is 1.54. The summed E-state index contributed by atoms with van der Waals surface area (Å²) in [4.78, 5) is 17.9. The van der Waals surface area contributed by atoms with E-state index in [0.717, 1.165) is 65.5 Å². The van der Waals surface area contributed by atoms with Crippen LogP contribution < -0.4 is 5.32 Å². The van der Waals surface area contributed by atoms with Gasteiger partial charge in [-0.05, 0) is 55.7 Å². The molecule has 1 N–H and O–H groups in total. The maximum atomic E-state index is 13.1. The van der Waals surface area contributed by atoms with Gasteiger partial charge in [-0.15, -0.1) is 0 Å². The van der Waals surface area contributed by atoms with Gasteiger partial charge in [0.2, 0.25) is 0 Å². The van der Waals surface area contributed by atoms with Crippen molar-refractivity contribution >= 4 is 16.8 Å². The van der Waals surface area contributed by atoms with Crippen LogP contribution in [0.2, 0.25) is 0 Å². The maximum Gasteiger partial charge on any atom is 0.252 e. The van der Waals surface area contributed by atoms with Gasteiger partial charge in [0.15, 0.2) is 0 Å². The Labute approximate surface area is 159 Å². The van der Waals surface area contributed by atoms with Crippen LogP contribution in [-0.4, -0.2) is 27.2 Å². The van der Waals surface area contributed by atoms with E-state index in [4.69, 9.17) is 4.98 Å². The van der Waals surface area contributed by atoms with Crippen LogP contribution in [0.15, 0.2) is 36.7 Å². The average Bonchev–Trinajstić information content (AvgIpc) is 3.08. The zero-order chi connectivity index (χ0) is 18.8. The normalized spacial score (nSPS) is 16.3. The molecular formula is C22H26N4O. The lowest BCUT2D eigenvalue weighted by atomic mass is 9.84. The van der Waals surface area contributed by atoms with Gasteiger partial charge in [-0.25, -0.2) is 0 Å². The van der Waals surface area contributed by atoms with Crippen LogP contribution in [-0.2, 0) is 19.4 Å². The van der Waals surface area contributed by atoms with Gasteiger partial charge < -0.3 is 5.32 Å². The first-order valence-corrected chi connectivity index (χ1v) is 9.79. The molecule has 1 atom stereocenters. The van der Waals surface area contributed by atoms with E-state index in [1.807, 2.05) is 48.3 Å². The second-order valence-electron chi connectivity index (χ2n) is 7.67. The molecule has 2 heterocycles. The first kappa shape index (κ1) is 17.7. The smallest absolute Gasteiger partial charge is 0.252 e. The Morgan fingerprint density at radius 1 is 1.33 bits per heavy atom. The summed E-state index contributed by atoms with van der Waals surface area (Å²) in [5.74, 6) is 0.616. The summed E-state index contributed by atoms with van der Waals surface area (Å²) in [7, 11) is 0.